The largest absolute Gasteiger partial charge is 0.472 e. The van der Waals surface area contributed by atoms with E-state index in [4.69, 9.17) is 37.0 Å². The van der Waals surface area contributed by atoms with Gasteiger partial charge in [0.25, 0.3) is 0 Å². The van der Waals surface area contributed by atoms with Gasteiger partial charge in [0.2, 0.25) is 0 Å². The third kappa shape index (κ3) is 80.5. The van der Waals surface area contributed by atoms with Gasteiger partial charge in [-0.05, 0) is 37.5 Å². The highest BCUT2D eigenvalue weighted by atomic mass is 31.2. The molecule has 6 atom stereocenters. The molecular formula is C88H172O17P2. The fourth-order valence-corrected chi connectivity index (χ4v) is 15.3. The van der Waals surface area contributed by atoms with Crippen LogP contribution in [0.1, 0.15) is 472 Å². The molecular weight excluding hydrogens is 1390 g/mol. The first-order valence-corrected chi connectivity index (χ1v) is 48.5. The molecule has 19 heteroatoms. The van der Waals surface area contributed by atoms with Crippen molar-refractivity contribution in [3.05, 3.63) is 0 Å². The number of hydrogen-bond acceptors (Lipinski definition) is 15. The Labute approximate surface area is 658 Å². The number of esters is 4. The number of carbonyl (C=O) groups excluding carboxylic acids is 4. The lowest BCUT2D eigenvalue weighted by Crippen LogP contribution is -2.30. The fraction of sp³-hybridized carbons (Fsp3) is 0.955. The minimum absolute atomic E-state index is 0.108. The van der Waals surface area contributed by atoms with Gasteiger partial charge in [-0.15, -0.1) is 0 Å². The van der Waals surface area contributed by atoms with Gasteiger partial charge in [-0.2, -0.15) is 0 Å². The van der Waals surface area contributed by atoms with E-state index in [-0.39, 0.29) is 25.7 Å². The van der Waals surface area contributed by atoms with Gasteiger partial charge in [0.15, 0.2) is 12.2 Å². The first-order chi connectivity index (χ1) is 51.9. The third-order valence-corrected chi connectivity index (χ3v) is 23.0. The van der Waals surface area contributed by atoms with Gasteiger partial charge in [-0.1, -0.05) is 420 Å². The Morgan fingerprint density at radius 1 is 0.271 bits per heavy atom. The summed E-state index contributed by atoms with van der Waals surface area (Å²) in [4.78, 5) is 73.3. The molecule has 0 saturated heterocycles. The molecule has 0 heterocycles. The van der Waals surface area contributed by atoms with E-state index in [9.17, 15) is 43.2 Å². The summed E-state index contributed by atoms with van der Waals surface area (Å²) in [6.45, 7) is 9.75. The van der Waals surface area contributed by atoms with E-state index in [0.717, 1.165) is 102 Å². The molecule has 3 unspecified atom stereocenters. The summed E-state index contributed by atoms with van der Waals surface area (Å²) in [6, 6.07) is 0. The number of hydrogen-bond donors (Lipinski definition) is 3. The van der Waals surface area contributed by atoms with Gasteiger partial charge in [0.05, 0.1) is 26.4 Å². The Morgan fingerprint density at radius 2 is 0.477 bits per heavy atom. The van der Waals surface area contributed by atoms with Crippen LogP contribution in [0.25, 0.3) is 0 Å². The summed E-state index contributed by atoms with van der Waals surface area (Å²) in [6.07, 6.45) is 72.2. The Hall–Kier alpha value is -1.94. The van der Waals surface area contributed by atoms with Crippen LogP contribution in [0.3, 0.4) is 0 Å². The van der Waals surface area contributed by atoms with E-state index in [2.05, 4.69) is 41.5 Å². The van der Waals surface area contributed by atoms with Gasteiger partial charge in [-0.3, -0.25) is 37.3 Å². The predicted molar refractivity (Wildman–Crippen MR) is 442 cm³/mol. The second-order valence-electron chi connectivity index (χ2n) is 32.4. The standard InChI is InChI=1S/C88H172O17P2/c1-7-10-12-14-16-18-20-21-22-23-24-25-26-27-28-29-37-42-48-54-60-66-72-87(92)105-84(77-99-86(91)71-65-59-53-47-41-36-33-31-35-40-45-51-57-63-69-81(6)9-3)79-103-107(96,97)101-75-82(89)74-100-106(94,95)102-78-83(76-98-85(90)70-64-58-52-46-19-17-15-13-11-8-2)104-88(93)73-67-61-55-49-43-38-32-30-34-39-44-50-56-62-68-80(4)5/h80-84,89H,7-79H2,1-6H3,(H,94,95)(H,96,97)/t81?,82-,83+,84+/m0/s1. The molecule has 0 saturated carbocycles. The summed E-state index contributed by atoms with van der Waals surface area (Å²) in [5.41, 5.74) is 0. The van der Waals surface area contributed by atoms with Crippen LogP contribution in [0.4, 0.5) is 0 Å². The maximum absolute atomic E-state index is 13.2. The zero-order valence-corrected chi connectivity index (χ0v) is 72.2. The smallest absolute Gasteiger partial charge is 0.462 e. The van der Waals surface area contributed by atoms with Crippen LogP contribution in [0, 0.1) is 11.8 Å². The number of aliphatic hydroxyl groups is 1. The summed E-state index contributed by atoms with van der Waals surface area (Å²) in [5.74, 6) is -0.455. The minimum Gasteiger partial charge on any atom is -0.462 e. The van der Waals surface area contributed by atoms with Crippen molar-refractivity contribution in [1.29, 1.82) is 0 Å². The molecule has 0 radical (unpaired) electrons. The molecule has 0 aromatic rings. The molecule has 0 aromatic carbocycles. The van der Waals surface area contributed by atoms with Gasteiger partial charge in [0.1, 0.15) is 19.3 Å². The highest BCUT2D eigenvalue weighted by Crippen LogP contribution is 2.45. The summed E-state index contributed by atoms with van der Waals surface area (Å²) >= 11 is 0. The Kier molecular flexibility index (Phi) is 77.9. The number of phosphoric acid groups is 2. The van der Waals surface area contributed by atoms with Crippen LogP contribution >= 0.6 is 15.6 Å². The number of phosphoric ester groups is 2. The lowest BCUT2D eigenvalue weighted by atomic mass is 9.99. The molecule has 0 aromatic heterocycles. The molecule has 636 valence electrons. The summed E-state index contributed by atoms with van der Waals surface area (Å²) in [7, 11) is -9.93. The van der Waals surface area contributed by atoms with E-state index >= 15 is 0 Å². The normalized spacial score (nSPS) is 14.0. The third-order valence-electron chi connectivity index (χ3n) is 21.1. The monoisotopic (exact) mass is 1560 g/mol. The number of unbranched alkanes of at least 4 members (excludes halogenated alkanes) is 56. The molecule has 0 rings (SSSR count). The minimum atomic E-state index is -4.97. The van der Waals surface area contributed by atoms with Crippen molar-refractivity contribution in [2.45, 2.75) is 490 Å². The molecule has 0 amide bonds. The molecule has 0 aliphatic heterocycles. The SMILES string of the molecule is CCCCCCCCCCCCCCCCCCCCCCCCC(=O)O[C@H](COC(=O)CCCCCCCCCCCCCCCCC(C)CC)COP(=O)(O)OC[C@@H](O)COP(=O)(O)OC[C@@H](COC(=O)CCCCCCCCCCCC)OC(=O)CCCCCCCCCCCCCCCCC(C)C. The molecule has 0 fully saturated rings. The molecule has 0 bridgehead atoms. The second-order valence-corrected chi connectivity index (χ2v) is 35.3. The first-order valence-electron chi connectivity index (χ1n) is 45.5. The van der Waals surface area contributed by atoms with Crippen molar-refractivity contribution in [1.82, 2.24) is 0 Å². The number of aliphatic hydroxyl groups excluding tert-OH is 1. The van der Waals surface area contributed by atoms with Crippen LogP contribution in [-0.2, 0) is 65.4 Å². The number of ether oxygens (including phenoxy) is 4. The zero-order chi connectivity index (χ0) is 78.5. The van der Waals surface area contributed by atoms with Crippen molar-refractivity contribution in [2.24, 2.45) is 11.8 Å². The Balaban J connectivity index is 5.22. The van der Waals surface area contributed by atoms with Crippen LogP contribution in [0.15, 0.2) is 0 Å². The topological polar surface area (TPSA) is 237 Å². The van der Waals surface area contributed by atoms with Crippen molar-refractivity contribution >= 4 is 39.5 Å². The molecule has 3 N–H and O–H groups in total. The van der Waals surface area contributed by atoms with Gasteiger partial charge >= 0.3 is 39.5 Å². The second kappa shape index (κ2) is 79.3. The lowest BCUT2D eigenvalue weighted by Gasteiger charge is -2.21. The quantitative estimate of drug-likeness (QED) is 0.0222. The van der Waals surface area contributed by atoms with Crippen molar-refractivity contribution in [3.63, 3.8) is 0 Å². The first kappa shape index (κ1) is 105. The van der Waals surface area contributed by atoms with E-state index < -0.39 is 97.5 Å². The lowest BCUT2D eigenvalue weighted by molar-refractivity contribution is -0.161. The summed E-state index contributed by atoms with van der Waals surface area (Å²) in [5, 5.41) is 10.7. The Bertz CT molecular complexity index is 2050. The average Bonchev–Trinajstić information content (AvgIpc) is 0.906. The van der Waals surface area contributed by atoms with Gasteiger partial charge in [0, 0.05) is 25.7 Å². The maximum atomic E-state index is 13.2. The van der Waals surface area contributed by atoms with Crippen LogP contribution < -0.4 is 0 Å². The highest BCUT2D eigenvalue weighted by molar-refractivity contribution is 7.47. The zero-order valence-electron chi connectivity index (χ0n) is 70.5. The number of carbonyl (C=O) groups is 4. The molecule has 0 spiro atoms. The summed E-state index contributed by atoms with van der Waals surface area (Å²) < 4.78 is 68.9. The number of rotatable bonds is 87. The van der Waals surface area contributed by atoms with E-state index in [0.29, 0.717) is 25.7 Å². The van der Waals surface area contributed by atoms with Gasteiger partial charge < -0.3 is 33.8 Å². The van der Waals surface area contributed by atoms with Crippen molar-refractivity contribution < 1.29 is 80.2 Å². The highest BCUT2D eigenvalue weighted by Gasteiger charge is 2.31. The average molecular weight is 1560 g/mol. The van der Waals surface area contributed by atoms with Crippen molar-refractivity contribution in [3.8, 4) is 0 Å². The van der Waals surface area contributed by atoms with E-state index in [1.165, 1.54) is 289 Å². The van der Waals surface area contributed by atoms with Crippen LogP contribution in [-0.4, -0.2) is 96.7 Å². The van der Waals surface area contributed by atoms with Crippen molar-refractivity contribution in [2.75, 3.05) is 39.6 Å². The van der Waals surface area contributed by atoms with Gasteiger partial charge in [-0.25, -0.2) is 9.13 Å². The van der Waals surface area contributed by atoms with E-state index in [1.807, 2.05) is 0 Å². The Morgan fingerprint density at radius 3 is 0.710 bits per heavy atom. The van der Waals surface area contributed by atoms with E-state index in [1.54, 1.807) is 0 Å². The maximum Gasteiger partial charge on any atom is 0.472 e. The van der Waals surface area contributed by atoms with Crippen LogP contribution in [0.2, 0.25) is 0 Å². The molecule has 107 heavy (non-hydrogen) atoms. The molecule has 0 aliphatic carbocycles. The fourth-order valence-electron chi connectivity index (χ4n) is 13.7. The predicted octanol–water partition coefficient (Wildman–Crippen LogP) is 27.0. The molecule has 17 nitrogen and oxygen atoms in total. The van der Waals surface area contributed by atoms with Crippen LogP contribution in [0.5, 0.6) is 0 Å². The molecule has 0 aliphatic rings.